The quantitative estimate of drug-likeness (QED) is 0.246. The molecule has 32 heavy (non-hydrogen) atoms. The van der Waals surface area contributed by atoms with Crippen LogP contribution in [-0.2, 0) is 14.3 Å². The number of hydrogen-bond acceptors (Lipinski definition) is 6. The zero-order valence-electron chi connectivity index (χ0n) is 16.8. The normalized spacial score (nSPS) is 10.8. The van der Waals surface area contributed by atoms with Crippen molar-refractivity contribution >= 4 is 59.1 Å². The number of carboxylic acid groups (broad SMARTS) is 1. The number of hydrogen-bond donors (Lipinski definition) is 3. The fourth-order valence-electron chi connectivity index (χ4n) is 2.95. The molecule has 0 aliphatic carbocycles. The molecule has 0 atom stereocenters. The molecule has 0 bridgehead atoms. The van der Waals surface area contributed by atoms with Gasteiger partial charge in [-0.15, -0.1) is 0 Å². The zero-order valence-corrected chi connectivity index (χ0v) is 18.7. The summed E-state index contributed by atoms with van der Waals surface area (Å²) in [5, 5.41) is 21.6. The van der Waals surface area contributed by atoms with Gasteiger partial charge >= 0.3 is 189 Å². The minimum absolute atomic E-state index is 0.0522. The van der Waals surface area contributed by atoms with E-state index in [0.29, 0.717) is 15.3 Å². The number of carboxylic acids is 1. The standard InChI is InChI=1S/C22H17AsN3O6/c1-2-32-19(28)10-18(27)23-15-5-3-4-13-9-17(25-20(13)15)21(29)26-16-7-6-12(11-24)8-14(16)22(30)31/h3-9,25H,2,10H2,1H3,(H,26,29)(H,30,31). The number of carbonyl (C=O) groups is 4. The number of para-hydroxylation sites is 1. The number of fused-ring (bicyclic) bond motifs is 1. The molecule has 1 heterocycles. The van der Waals surface area contributed by atoms with E-state index in [1.807, 2.05) is 6.07 Å². The summed E-state index contributed by atoms with van der Waals surface area (Å²) in [5.74, 6) is -2.42. The molecule has 3 N–H and O–H groups in total. The number of rotatable bonds is 8. The van der Waals surface area contributed by atoms with Gasteiger partial charge in [-0.3, -0.25) is 0 Å². The molecular formula is C22H17AsN3O6. The number of amides is 1. The van der Waals surface area contributed by atoms with Crippen LogP contribution in [-0.4, -0.2) is 54.9 Å². The van der Waals surface area contributed by atoms with E-state index >= 15 is 0 Å². The summed E-state index contributed by atoms with van der Waals surface area (Å²) < 4.78 is 5.29. The maximum absolute atomic E-state index is 12.7. The molecule has 3 aromatic rings. The van der Waals surface area contributed by atoms with Crippen molar-refractivity contribution < 1.29 is 29.0 Å². The molecule has 0 saturated heterocycles. The average Bonchev–Trinajstić information content (AvgIpc) is 3.19. The van der Waals surface area contributed by atoms with Crippen molar-refractivity contribution in [2.45, 2.75) is 13.3 Å². The third-order valence-electron chi connectivity index (χ3n) is 4.35. The molecule has 0 spiro atoms. The summed E-state index contributed by atoms with van der Waals surface area (Å²) in [6, 6.07) is 12.7. The summed E-state index contributed by atoms with van der Waals surface area (Å²) in [6.45, 7) is 1.87. The molecule has 2 aromatic carbocycles. The van der Waals surface area contributed by atoms with Crippen LogP contribution in [0.5, 0.6) is 0 Å². The second-order valence-electron chi connectivity index (χ2n) is 6.54. The van der Waals surface area contributed by atoms with Crippen LogP contribution < -0.4 is 9.67 Å². The summed E-state index contributed by atoms with van der Waals surface area (Å²) in [5.41, 5.74) is 0.784. The monoisotopic (exact) mass is 494 g/mol. The molecule has 10 heteroatoms. The SMILES string of the molecule is CCOC(=O)CC(=O)[As]c1cccc2cc(C(=O)Nc3ccc(C#N)cc3C(=O)O)[nH]c12. The fraction of sp³-hybridized carbons (Fsp3) is 0.136. The topological polar surface area (TPSA) is 149 Å². The maximum atomic E-state index is 12.7. The number of nitriles is 1. The third-order valence-corrected chi connectivity index (χ3v) is 6.49. The first-order valence-electron chi connectivity index (χ1n) is 9.43. The first-order chi connectivity index (χ1) is 15.3. The summed E-state index contributed by atoms with van der Waals surface area (Å²) >= 11 is -1.000. The van der Waals surface area contributed by atoms with Crippen molar-refractivity contribution in [1.82, 2.24) is 4.98 Å². The van der Waals surface area contributed by atoms with Crippen molar-refractivity contribution in [2.24, 2.45) is 0 Å². The van der Waals surface area contributed by atoms with Gasteiger partial charge in [-0.1, -0.05) is 0 Å². The second kappa shape index (κ2) is 9.94. The number of esters is 1. The third kappa shape index (κ3) is 5.23. The first kappa shape index (κ1) is 22.8. The number of H-pyrrole nitrogens is 1. The number of aromatic carboxylic acids is 1. The van der Waals surface area contributed by atoms with Crippen molar-refractivity contribution in [1.29, 1.82) is 5.26 Å². The number of aromatic nitrogens is 1. The van der Waals surface area contributed by atoms with E-state index in [-0.39, 0.29) is 40.1 Å². The Morgan fingerprint density at radius 2 is 1.97 bits per heavy atom. The Morgan fingerprint density at radius 1 is 1.19 bits per heavy atom. The van der Waals surface area contributed by atoms with Gasteiger partial charge < -0.3 is 0 Å². The predicted octanol–water partition coefficient (Wildman–Crippen LogP) is 1.80. The molecule has 1 amide bonds. The van der Waals surface area contributed by atoms with Crippen molar-refractivity contribution in [3.8, 4) is 6.07 Å². The van der Waals surface area contributed by atoms with E-state index in [2.05, 4.69) is 10.3 Å². The molecule has 0 fully saturated rings. The second-order valence-corrected chi connectivity index (χ2v) is 9.07. The molecule has 3 rings (SSSR count). The van der Waals surface area contributed by atoms with Crippen LogP contribution in [0.3, 0.4) is 0 Å². The Kier molecular flexibility index (Phi) is 7.08. The Bertz CT molecular complexity index is 1270. The number of nitrogens with zero attached hydrogens (tertiary/aromatic N) is 1. The van der Waals surface area contributed by atoms with Crippen LogP contribution in [0.15, 0.2) is 42.5 Å². The fourth-order valence-corrected chi connectivity index (χ4v) is 4.91. The molecule has 1 radical (unpaired) electrons. The Labute approximate surface area is 189 Å². The zero-order chi connectivity index (χ0) is 23.3. The van der Waals surface area contributed by atoms with E-state index in [4.69, 9.17) is 10.00 Å². The first-order valence-corrected chi connectivity index (χ1v) is 11.3. The van der Waals surface area contributed by atoms with Crippen LogP contribution in [0, 0.1) is 11.3 Å². The molecule has 9 nitrogen and oxygen atoms in total. The van der Waals surface area contributed by atoms with Crippen LogP contribution in [0.4, 0.5) is 5.69 Å². The molecule has 0 aliphatic heterocycles. The Hall–Kier alpha value is -3.89. The van der Waals surface area contributed by atoms with Gasteiger partial charge in [0.05, 0.1) is 0 Å². The molecule has 1 aromatic heterocycles. The number of anilines is 1. The van der Waals surface area contributed by atoms with Gasteiger partial charge in [-0.05, 0) is 0 Å². The van der Waals surface area contributed by atoms with E-state index < -0.39 is 33.6 Å². The number of ether oxygens (including phenoxy) is 1. The summed E-state index contributed by atoms with van der Waals surface area (Å²) in [4.78, 5) is 51.0. The minimum atomic E-state index is -1.28. The Balaban J connectivity index is 1.83. The van der Waals surface area contributed by atoms with Gasteiger partial charge in [0.2, 0.25) is 0 Å². The van der Waals surface area contributed by atoms with Gasteiger partial charge in [-0.2, -0.15) is 0 Å². The molecule has 0 saturated carbocycles. The van der Waals surface area contributed by atoms with Crippen LogP contribution >= 0.6 is 0 Å². The van der Waals surface area contributed by atoms with Gasteiger partial charge in [0.25, 0.3) is 0 Å². The molecule has 161 valence electrons. The van der Waals surface area contributed by atoms with Crippen LogP contribution in [0.2, 0.25) is 0 Å². The van der Waals surface area contributed by atoms with Gasteiger partial charge in [0, 0.05) is 0 Å². The van der Waals surface area contributed by atoms with E-state index in [1.165, 1.54) is 18.2 Å². The summed E-state index contributed by atoms with van der Waals surface area (Å²) in [6.07, 6.45) is -0.297. The number of nitrogens with one attached hydrogen (secondary N) is 2. The number of aromatic amines is 1. The van der Waals surface area contributed by atoms with Crippen molar-refractivity contribution in [2.75, 3.05) is 11.9 Å². The number of carbonyl (C=O) groups excluding carboxylic acids is 3. The van der Waals surface area contributed by atoms with Gasteiger partial charge in [0.1, 0.15) is 0 Å². The van der Waals surface area contributed by atoms with E-state index in [0.717, 1.165) is 0 Å². The van der Waals surface area contributed by atoms with Crippen molar-refractivity contribution in [3.63, 3.8) is 0 Å². The van der Waals surface area contributed by atoms with Crippen molar-refractivity contribution in [3.05, 3.63) is 59.3 Å². The summed E-state index contributed by atoms with van der Waals surface area (Å²) in [7, 11) is 0. The van der Waals surface area contributed by atoms with E-state index in [9.17, 15) is 24.3 Å². The predicted molar refractivity (Wildman–Crippen MR) is 116 cm³/mol. The van der Waals surface area contributed by atoms with E-state index in [1.54, 1.807) is 31.2 Å². The van der Waals surface area contributed by atoms with Gasteiger partial charge in [0.15, 0.2) is 0 Å². The number of benzene rings is 2. The van der Waals surface area contributed by atoms with Crippen LogP contribution in [0.25, 0.3) is 10.9 Å². The molecule has 0 unspecified atom stereocenters. The average molecular weight is 494 g/mol. The van der Waals surface area contributed by atoms with Gasteiger partial charge in [-0.25, -0.2) is 0 Å². The molecular weight excluding hydrogens is 477 g/mol. The Morgan fingerprint density at radius 3 is 2.66 bits per heavy atom. The van der Waals surface area contributed by atoms with Crippen LogP contribution in [0.1, 0.15) is 39.8 Å². The molecule has 0 aliphatic rings.